The first-order valence-electron chi connectivity index (χ1n) is 10.7. The minimum absolute atomic E-state index is 0.0480. The number of carbonyl (C=O) groups is 2. The van der Waals surface area contributed by atoms with E-state index in [0.29, 0.717) is 31.2 Å². The van der Waals surface area contributed by atoms with Gasteiger partial charge in [-0.15, -0.1) is 0 Å². The number of amides is 1. The van der Waals surface area contributed by atoms with Crippen molar-refractivity contribution < 1.29 is 22.7 Å². The fourth-order valence-corrected chi connectivity index (χ4v) is 5.21. The highest BCUT2D eigenvalue weighted by Crippen LogP contribution is 2.39. The van der Waals surface area contributed by atoms with Gasteiger partial charge in [0, 0.05) is 19.2 Å². The van der Waals surface area contributed by atoms with E-state index in [1.165, 1.54) is 19.1 Å². The second kappa shape index (κ2) is 10.9. The van der Waals surface area contributed by atoms with E-state index in [9.17, 15) is 18.0 Å². The van der Waals surface area contributed by atoms with Gasteiger partial charge in [-0.2, -0.15) is 0 Å². The minimum Gasteiger partial charge on any atom is -0.466 e. The molecule has 2 rings (SSSR count). The van der Waals surface area contributed by atoms with Gasteiger partial charge in [-0.25, -0.2) is 13.1 Å². The van der Waals surface area contributed by atoms with Crippen molar-refractivity contribution in [3.63, 3.8) is 0 Å². The molecule has 31 heavy (non-hydrogen) atoms. The molecule has 7 nitrogen and oxygen atoms in total. The van der Waals surface area contributed by atoms with Crippen LogP contribution >= 0.6 is 0 Å². The lowest BCUT2D eigenvalue weighted by molar-refractivity contribution is -0.144. The van der Waals surface area contributed by atoms with Gasteiger partial charge in [0.1, 0.15) is 0 Å². The van der Waals surface area contributed by atoms with Crippen molar-refractivity contribution in [2.75, 3.05) is 18.5 Å². The molecule has 0 spiro atoms. The molecule has 0 saturated carbocycles. The second-order valence-corrected chi connectivity index (χ2v) is 10.2. The monoisotopic (exact) mass is 450 g/mol. The topological polar surface area (TPSA) is 102 Å². The number of carbonyl (C=O) groups excluding carboxylic acids is 2. The quantitative estimate of drug-likeness (QED) is 0.441. The molecule has 1 aliphatic rings. The Labute approximate surface area is 185 Å². The van der Waals surface area contributed by atoms with Gasteiger partial charge in [-0.1, -0.05) is 25.5 Å². The molecule has 1 aliphatic carbocycles. The van der Waals surface area contributed by atoms with Crippen molar-refractivity contribution in [2.24, 2.45) is 23.7 Å². The molecule has 0 unspecified atom stereocenters. The highest BCUT2D eigenvalue weighted by atomic mass is 32.2. The summed E-state index contributed by atoms with van der Waals surface area (Å²) in [6.07, 6.45) is 3.30. The Morgan fingerprint density at radius 2 is 1.84 bits per heavy atom. The number of benzene rings is 1. The Morgan fingerprint density at radius 3 is 2.39 bits per heavy atom. The number of sulfonamides is 1. The van der Waals surface area contributed by atoms with E-state index in [0.717, 1.165) is 12.0 Å². The molecule has 3 atom stereocenters. The van der Waals surface area contributed by atoms with Crippen LogP contribution in [0, 0.1) is 23.7 Å². The minimum atomic E-state index is -3.68. The fourth-order valence-electron chi connectivity index (χ4n) is 4.14. The fraction of sp³-hybridized carbons (Fsp3) is 0.565. The van der Waals surface area contributed by atoms with Crippen molar-refractivity contribution in [3.8, 4) is 0 Å². The molecule has 0 fully saturated rings. The highest BCUT2D eigenvalue weighted by Gasteiger charge is 2.33. The molecule has 0 aromatic heterocycles. The maximum Gasteiger partial charge on any atom is 0.306 e. The number of ether oxygens (including phenoxy) is 1. The molecule has 2 N–H and O–H groups in total. The molecule has 172 valence electrons. The Bertz CT molecular complexity index is 906. The number of allylic oxidation sites excluding steroid dienone is 1. The van der Waals surface area contributed by atoms with Crippen LogP contribution in [0.2, 0.25) is 0 Å². The van der Waals surface area contributed by atoms with Gasteiger partial charge < -0.3 is 10.1 Å². The Hall–Kier alpha value is -2.19. The van der Waals surface area contributed by atoms with Gasteiger partial charge in [-0.05, 0) is 68.2 Å². The number of rotatable bonds is 9. The SMILES string of the molecule is CCOC(=O)C[C@@H]1C[C@@H](C(C)C)[C@H](CNS(=O)(=O)c2ccc(NC(C)=O)cc2)C=C1C. The normalized spacial score (nSPS) is 21.5. The average Bonchev–Trinajstić information content (AvgIpc) is 2.68. The molecular weight excluding hydrogens is 416 g/mol. The van der Waals surface area contributed by atoms with Crippen LogP contribution in [0.25, 0.3) is 0 Å². The number of hydrogen-bond acceptors (Lipinski definition) is 5. The predicted octanol–water partition coefficient (Wildman–Crippen LogP) is 3.73. The van der Waals surface area contributed by atoms with Gasteiger partial charge >= 0.3 is 5.97 Å². The van der Waals surface area contributed by atoms with E-state index in [-0.39, 0.29) is 34.5 Å². The summed E-state index contributed by atoms with van der Waals surface area (Å²) in [5.74, 6) is 0.375. The van der Waals surface area contributed by atoms with E-state index in [1.807, 2.05) is 6.92 Å². The summed E-state index contributed by atoms with van der Waals surface area (Å²) in [7, 11) is -3.68. The van der Waals surface area contributed by atoms with Crippen LogP contribution in [0.1, 0.15) is 47.5 Å². The third kappa shape index (κ3) is 7.18. The van der Waals surface area contributed by atoms with Crippen LogP contribution < -0.4 is 10.0 Å². The number of anilines is 1. The zero-order valence-electron chi connectivity index (χ0n) is 19.0. The van der Waals surface area contributed by atoms with Crippen LogP contribution in [0.15, 0.2) is 40.8 Å². The van der Waals surface area contributed by atoms with Crippen molar-refractivity contribution in [2.45, 2.75) is 52.4 Å². The molecule has 1 aromatic carbocycles. The Kier molecular flexibility index (Phi) is 8.82. The smallest absolute Gasteiger partial charge is 0.306 e. The molecule has 0 aliphatic heterocycles. The van der Waals surface area contributed by atoms with Crippen LogP contribution in [0.3, 0.4) is 0 Å². The summed E-state index contributed by atoms with van der Waals surface area (Å²) in [5, 5.41) is 2.62. The predicted molar refractivity (Wildman–Crippen MR) is 121 cm³/mol. The molecular formula is C23H34N2O5S. The van der Waals surface area contributed by atoms with Crippen LogP contribution in [0.5, 0.6) is 0 Å². The lowest BCUT2D eigenvalue weighted by Crippen LogP contribution is -2.37. The van der Waals surface area contributed by atoms with Crippen LogP contribution in [-0.4, -0.2) is 33.4 Å². The van der Waals surface area contributed by atoms with Crippen molar-refractivity contribution >= 4 is 27.6 Å². The lowest BCUT2D eigenvalue weighted by Gasteiger charge is -2.37. The molecule has 1 amide bonds. The summed E-state index contributed by atoms with van der Waals surface area (Å²) in [6.45, 7) is 10.1. The van der Waals surface area contributed by atoms with Crippen molar-refractivity contribution in [3.05, 3.63) is 35.9 Å². The van der Waals surface area contributed by atoms with Crippen LogP contribution in [0.4, 0.5) is 5.69 Å². The second-order valence-electron chi connectivity index (χ2n) is 8.48. The van der Waals surface area contributed by atoms with E-state index in [2.05, 4.69) is 30.0 Å². The zero-order chi connectivity index (χ0) is 23.2. The van der Waals surface area contributed by atoms with E-state index >= 15 is 0 Å². The zero-order valence-corrected chi connectivity index (χ0v) is 19.8. The first kappa shape index (κ1) is 25.1. The summed E-state index contributed by atoms with van der Waals surface area (Å²) in [5.41, 5.74) is 1.65. The Balaban J connectivity index is 2.10. The van der Waals surface area contributed by atoms with Crippen molar-refractivity contribution in [1.29, 1.82) is 0 Å². The van der Waals surface area contributed by atoms with E-state index in [1.54, 1.807) is 19.1 Å². The number of hydrogen-bond donors (Lipinski definition) is 2. The van der Waals surface area contributed by atoms with E-state index < -0.39 is 10.0 Å². The molecule has 0 heterocycles. The summed E-state index contributed by atoms with van der Waals surface area (Å²) in [4.78, 5) is 23.2. The first-order chi connectivity index (χ1) is 14.5. The number of esters is 1. The van der Waals surface area contributed by atoms with Crippen LogP contribution in [-0.2, 0) is 24.3 Å². The summed E-state index contributed by atoms with van der Waals surface area (Å²) >= 11 is 0. The summed E-state index contributed by atoms with van der Waals surface area (Å²) < 4.78 is 33.4. The molecule has 0 bridgehead atoms. The maximum absolute atomic E-state index is 12.8. The average molecular weight is 451 g/mol. The third-order valence-electron chi connectivity index (χ3n) is 5.80. The van der Waals surface area contributed by atoms with Gasteiger partial charge in [0.15, 0.2) is 0 Å². The van der Waals surface area contributed by atoms with Gasteiger partial charge in [-0.3, -0.25) is 9.59 Å². The van der Waals surface area contributed by atoms with E-state index in [4.69, 9.17) is 4.74 Å². The molecule has 8 heteroatoms. The van der Waals surface area contributed by atoms with Gasteiger partial charge in [0.05, 0.1) is 17.9 Å². The molecule has 0 radical (unpaired) electrons. The first-order valence-corrected chi connectivity index (χ1v) is 12.2. The maximum atomic E-state index is 12.8. The van der Waals surface area contributed by atoms with Gasteiger partial charge in [0.25, 0.3) is 0 Å². The lowest BCUT2D eigenvalue weighted by atomic mass is 9.70. The third-order valence-corrected chi connectivity index (χ3v) is 7.24. The highest BCUT2D eigenvalue weighted by molar-refractivity contribution is 7.89. The number of nitrogens with one attached hydrogen (secondary N) is 2. The summed E-state index contributed by atoms with van der Waals surface area (Å²) in [6, 6.07) is 6.09. The Morgan fingerprint density at radius 1 is 1.19 bits per heavy atom. The van der Waals surface area contributed by atoms with Gasteiger partial charge in [0.2, 0.25) is 15.9 Å². The molecule has 0 saturated heterocycles. The standard InChI is InChI=1S/C23H34N2O5S/c1-6-30-23(27)13-18-12-22(15(2)3)19(11-16(18)4)14-24-31(28,29)21-9-7-20(8-10-21)25-17(5)26/h7-11,15,18-19,22,24H,6,12-14H2,1-5H3,(H,25,26)/t18-,19-,22-/m0/s1. The molecule has 1 aromatic rings. The van der Waals surface area contributed by atoms with Crippen molar-refractivity contribution in [1.82, 2.24) is 4.72 Å². The largest absolute Gasteiger partial charge is 0.466 e.